The summed E-state index contributed by atoms with van der Waals surface area (Å²) in [5.41, 5.74) is 0.507. The molecular weight excluding hydrogens is 280 g/mol. The van der Waals surface area contributed by atoms with Gasteiger partial charge in [-0.3, -0.25) is 4.72 Å². The molecule has 1 unspecified atom stereocenters. The van der Waals surface area contributed by atoms with E-state index in [-0.39, 0.29) is 11.8 Å². The molecule has 2 aliphatic heterocycles. The molecule has 0 saturated carbocycles. The Morgan fingerprint density at radius 3 is 2.80 bits per heavy atom. The summed E-state index contributed by atoms with van der Waals surface area (Å²) in [6.07, 6.45) is 1.94. The Hall–Kier alpha value is -1.47. The lowest BCUT2D eigenvalue weighted by Gasteiger charge is -2.19. The molecule has 1 saturated heterocycles. The zero-order valence-corrected chi connectivity index (χ0v) is 11.9. The Labute approximate surface area is 118 Å². The average Bonchev–Trinajstić information content (AvgIpc) is 2.90. The van der Waals surface area contributed by atoms with Gasteiger partial charge in [-0.1, -0.05) is 0 Å². The number of hydrogen-bond acceptors (Lipinski definition) is 5. The molecule has 0 radical (unpaired) electrons. The first-order valence-corrected chi connectivity index (χ1v) is 8.41. The van der Waals surface area contributed by atoms with E-state index in [1.807, 2.05) is 0 Å². The first kappa shape index (κ1) is 13.5. The predicted octanol–water partition coefficient (Wildman–Crippen LogP) is 0.951. The highest BCUT2D eigenvalue weighted by molar-refractivity contribution is 7.92. The van der Waals surface area contributed by atoms with Crippen molar-refractivity contribution in [2.24, 2.45) is 0 Å². The minimum Gasteiger partial charge on any atom is -0.486 e. The van der Waals surface area contributed by atoms with Crippen molar-refractivity contribution in [1.82, 2.24) is 5.32 Å². The van der Waals surface area contributed by atoms with E-state index in [1.54, 1.807) is 18.2 Å². The molecule has 1 atom stereocenters. The molecule has 0 spiro atoms. The number of ether oxygens (including phenoxy) is 2. The maximum absolute atomic E-state index is 12.1. The van der Waals surface area contributed by atoms with Crippen molar-refractivity contribution in [2.75, 3.05) is 30.2 Å². The molecule has 20 heavy (non-hydrogen) atoms. The molecule has 0 aromatic heterocycles. The normalized spacial score (nSPS) is 21.7. The van der Waals surface area contributed by atoms with E-state index in [1.165, 1.54) is 0 Å². The first-order valence-electron chi connectivity index (χ1n) is 6.76. The highest BCUT2D eigenvalue weighted by Gasteiger charge is 2.22. The van der Waals surface area contributed by atoms with Gasteiger partial charge in [0.1, 0.15) is 13.2 Å². The summed E-state index contributed by atoms with van der Waals surface area (Å²) < 4.78 is 37.6. The highest BCUT2D eigenvalue weighted by Crippen LogP contribution is 2.32. The second kappa shape index (κ2) is 5.49. The molecule has 1 fully saturated rings. The molecule has 7 heteroatoms. The average molecular weight is 298 g/mol. The third kappa shape index (κ3) is 3.16. The molecule has 0 amide bonds. The minimum atomic E-state index is -3.35. The van der Waals surface area contributed by atoms with E-state index in [0.717, 1.165) is 19.4 Å². The van der Waals surface area contributed by atoms with Crippen molar-refractivity contribution >= 4 is 15.7 Å². The van der Waals surface area contributed by atoms with Crippen LogP contribution in [0.4, 0.5) is 5.69 Å². The van der Waals surface area contributed by atoms with Crippen LogP contribution in [-0.4, -0.2) is 40.0 Å². The molecule has 2 aliphatic rings. The molecule has 2 heterocycles. The van der Waals surface area contributed by atoms with Crippen LogP contribution in [0.1, 0.15) is 12.8 Å². The Morgan fingerprint density at radius 2 is 2.05 bits per heavy atom. The van der Waals surface area contributed by atoms with E-state index >= 15 is 0 Å². The molecule has 6 nitrogen and oxygen atoms in total. The second-order valence-electron chi connectivity index (χ2n) is 5.04. The van der Waals surface area contributed by atoms with Crippen molar-refractivity contribution < 1.29 is 17.9 Å². The van der Waals surface area contributed by atoms with Gasteiger partial charge in [0.2, 0.25) is 10.0 Å². The number of benzene rings is 1. The number of sulfonamides is 1. The van der Waals surface area contributed by atoms with Gasteiger partial charge in [0.15, 0.2) is 11.5 Å². The van der Waals surface area contributed by atoms with Gasteiger partial charge in [-0.15, -0.1) is 0 Å². The van der Waals surface area contributed by atoms with Crippen LogP contribution in [0, 0.1) is 0 Å². The molecule has 0 bridgehead atoms. The predicted molar refractivity (Wildman–Crippen MR) is 75.9 cm³/mol. The Kier molecular flexibility index (Phi) is 3.71. The summed E-state index contributed by atoms with van der Waals surface area (Å²) in [5, 5.41) is 3.18. The van der Waals surface area contributed by atoms with E-state index < -0.39 is 10.0 Å². The standard InChI is InChI=1S/C13H18N2O4S/c16-20(17,9-11-2-1-5-14-11)15-10-3-4-12-13(8-10)19-7-6-18-12/h3-4,8,11,14-15H,1-2,5-7,9H2. The summed E-state index contributed by atoms with van der Waals surface area (Å²) >= 11 is 0. The van der Waals surface area contributed by atoms with E-state index in [2.05, 4.69) is 10.0 Å². The van der Waals surface area contributed by atoms with Gasteiger partial charge in [-0.25, -0.2) is 8.42 Å². The summed E-state index contributed by atoms with van der Waals surface area (Å²) in [6, 6.07) is 5.12. The molecule has 0 aliphatic carbocycles. The fourth-order valence-corrected chi connectivity index (χ4v) is 3.88. The molecule has 1 aromatic rings. The van der Waals surface area contributed by atoms with Crippen molar-refractivity contribution in [3.05, 3.63) is 18.2 Å². The number of hydrogen-bond donors (Lipinski definition) is 2. The zero-order chi connectivity index (χ0) is 14.0. The van der Waals surface area contributed by atoms with Crippen LogP contribution in [0.2, 0.25) is 0 Å². The number of nitrogens with one attached hydrogen (secondary N) is 2. The summed E-state index contributed by atoms with van der Waals surface area (Å²) in [4.78, 5) is 0. The van der Waals surface area contributed by atoms with Gasteiger partial charge in [0.25, 0.3) is 0 Å². The van der Waals surface area contributed by atoms with Crippen molar-refractivity contribution in [3.63, 3.8) is 0 Å². The molecular formula is C13H18N2O4S. The van der Waals surface area contributed by atoms with Crippen molar-refractivity contribution in [1.29, 1.82) is 0 Å². The van der Waals surface area contributed by atoms with Crippen LogP contribution >= 0.6 is 0 Å². The highest BCUT2D eigenvalue weighted by atomic mass is 32.2. The van der Waals surface area contributed by atoms with Gasteiger partial charge in [-0.05, 0) is 31.5 Å². The Balaban J connectivity index is 1.70. The summed E-state index contributed by atoms with van der Waals surface area (Å²) in [7, 11) is -3.35. The third-order valence-electron chi connectivity index (χ3n) is 3.40. The summed E-state index contributed by atoms with van der Waals surface area (Å²) in [6.45, 7) is 1.89. The van der Waals surface area contributed by atoms with Crippen LogP contribution in [0.25, 0.3) is 0 Å². The maximum Gasteiger partial charge on any atom is 0.234 e. The lowest BCUT2D eigenvalue weighted by Crippen LogP contribution is -2.32. The fourth-order valence-electron chi connectivity index (χ4n) is 2.49. The van der Waals surface area contributed by atoms with Crippen molar-refractivity contribution in [2.45, 2.75) is 18.9 Å². The Morgan fingerprint density at radius 1 is 1.25 bits per heavy atom. The van der Waals surface area contributed by atoms with Gasteiger partial charge < -0.3 is 14.8 Å². The largest absolute Gasteiger partial charge is 0.486 e. The minimum absolute atomic E-state index is 0.0460. The van der Waals surface area contributed by atoms with Gasteiger partial charge in [0, 0.05) is 12.1 Å². The molecule has 3 rings (SSSR count). The fraction of sp³-hybridized carbons (Fsp3) is 0.538. The van der Waals surface area contributed by atoms with Gasteiger partial charge in [0.05, 0.1) is 11.4 Å². The summed E-state index contributed by atoms with van der Waals surface area (Å²) in [5.74, 6) is 1.33. The van der Waals surface area contributed by atoms with Crippen LogP contribution in [0.15, 0.2) is 18.2 Å². The van der Waals surface area contributed by atoms with Gasteiger partial charge in [-0.2, -0.15) is 0 Å². The SMILES string of the molecule is O=S(=O)(CC1CCCN1)Nc1ccc2c(c1)OCCO2. The number of rotatable bonds is 4. The third-order valence-corrected chi connectivity index (χ3v) is 4.79. The second-order valence-corrected chi connectivity index (χ2v) is 6.80. The van der Waals surface area contributed by atoms with Crippen molar-refractivity contribution in [3.8, 4) is 11.5 Å². The van der Waals surface area contributed by atoms with Crippen LogP contribution < -0.4 is 19.5 Å². The Bertz CT molecular complexity index is 582. The van der Waals surface area contributed by atoms with Gasteiger partial charge >= 0.3 is 0 Å². The lowest BCUT2D eigenvalue weighted by molar-refractivity contribution is 0.171. The van der Waals surface area contributed by atoms with Crippen LogP contribution in [0.5, 0.6) is 11.5 Å². The number of fused-ring (bicyclic) bond motifs is 1. The zero-order valence-electron chi connectivity index (χ0n) is 11.1. The molecule has 1 aromatic carbocycles. The monoisotopic (exact) mass is 298 g/mol. The maximum atomic E-state index is 12.1. The number of anilines is 1. The lowest BCUT2D eigenvalue weighted by atomic mass is 10.3. The van der Waals surface area contributed by atoms with Crippen LogP contribution in [-0.2, 0) is 10.0 Å². The van der Waals surface area contributed by atoms with Crippen LogP contribution in [0.3, 0.4) is 0 Å². The molecule has 2 N–H and O–H groups in total. The quantitative estimate of drug-likeness (QED) is 0.865. The van der Waals surface area contributed by atoms with E-state index in [4.69, 9.17) is 9.47 Å². The van der Waals surface area contributed by atoms with E-state index in [0.29, 0.717) is 30.4 Å². The molecule has 110 valence electrons. The van der Waals surface area contributed by atoms with E-state index in [9.17, 15) is 8.42 Å². The topological polar surface area (TPSA) is 76.7 Å². The smallest absolute Gasteiger partial charge is 0.234 e. The first-order chi connectivity index (χ1) is 9.62.